The first-order chi connectivity index (χ1) is 7.67. The lowest BCUT2D eigenvalue weighted by atomic mass is 10.2. The first-order valence-electron chi connectivity index (χ1n) is 5.00. The van der Waals surface area contributed by atoms with Crippen molar-refractivity contribution in [3.63, 3.8) is 0 Å². The van der Waals surface area contributed by atoms with E-state index in [1.807, 2.05) is 31.2 Å². The van der Waals surface area contributed by atoms with Crippen molar-refractivity contribution in [3.8, 4) is 5.75 Å². The van der Waals surface area contributed by atoms with E-state index >= 15 is 0 Å². The largest absolute Gasteiger partial charge is 0.497 e. The Bertz CT molecular complexity index is 567. The number of nitrogens with zero attached hydrogens (tertiary/aromatic N) is 1. The molecule has 0 aliphatic rings. The van der Waals surface area contributed by atoms with Crippen molar-refractivity contribution in [2.75, 3.05) is 7.11 Å². The van der Waals surface area contributed by atoms with Gasteiger partial charge in [-0.25, -0.2) is 0 Å². The number of rotatable bonds is 2. The number of carbonyl (C=O) groups is 1. The van der Waals surface area contributed by atoms with Gasteiger partial charge in [-0.15, -0.1) is 0 Å². The van der Waals surface area contributed by atoms with Crippen molar-refractivity contribution < 1.29 is 9.53 Å². The van der Waals surface area contributed by atoms with Crippen LogP contribution in [0.1, 0.15) is 10.5 Å². The highest BCUT2D eigenvalue weighted by molar-refractivity contribution is 5.99. The molecule has 0 aliphatic heterocycles. The number of carbonyl (C=O) groups excluding carboxylic acids is 1. The zero-order chi connectivity index (χ0) is 11.7. The molecule has 0 saturated carbocycles. The summed E-state index contributed by atoms with van der Waals surface area (Å²) in [6, 6.07) is 7.59. The van der Waals surface area contributed by atoms with Crippen LogP contribution in [-0.4, -0.2) is 17.6 Å². The minimum atomic E-state index is -0.113. The zero-order valence-corrected chi connectivity index (χ0v) is 9.36. The van der Waals surface area contributed by atoms with Gasteiger partial charge in [0.05, 0.1) is 12.6 Å². The highest BCUT2D eigenvalue weighted by Gasteiger charge is 2.10. The van der Waals surface area contributed by atoms with E-state index in [9.17, 15) is 4.79 Å². The van der Waals surface area contributed by atoms with Gasteiger partial charge in [0, 0.05) is 11.1 Å². The molecule has 0 fully saturated rings. The van der Waals surface area contributed by atoms with Crippen molar-refractivity contribution >= 4 is 16.8 Å². The van der Waals surface area contributed by atoms with Gasteiger partial charge in [0.15, 0.2) is 0 Å². The Labute approximate surface area is 93.9 Å². The SMILES string of the molecule is C=CC(=O)n1c(C)cc2cc(OC)ccc21. The van der Waals surface area contributed by atoms with Crippen molar-refractivity contribution in [2.24, 2.45) is 0 Å². The normalized spacial score (nSPS) is 10.4. The highest BCUT2D eigenvalue weighted by Crippen LogP contribution is 2.24. The second kappa shape index (κ2) is 3.85. The van der Waals surface area contributed by atoms with Crippen LogP contribution in [0.25, 0.3) is 10.9 Å². The second-order valence-electron chi connectivity index (χ2n) is 3.59. The average Bonchev–Trinajstić information content (AvgIpc) is 2.62. The van der Waals surface area contributed by atoms with Gasteiger partial charge in [-0.05, 0) is 37.3 Å². The van der Waals surface area contributed by atoms with Crippen LogP contribution < -0.4 is 4.74 Å². The lowest BCUT2D eigenvalue weighted by molar-refractivity contribution is 0.0972. The molecule has 0 radical (unpaired) electrons. The van der Waals surface area contributed by atoms with Crippen LogP contribution in [0, 0.1) is 6.92 Å². The third kappa shape index (κ3) is 1.50. The molecule has 0 saturated heterocycles. The Morgan fingerprint density at radius 1 is 1.44 bits per heavy atom. The summed E-state index contributed by atoms with van der Waals surface area (Å²) in [7, 11) is 1.62. The first kappa shape index (κ1) is 10.5. The fourth-order valence-corrected chi connectivity index (χ4v) is 1.84. The van der Waals surface area contributed by atoms with Gasteiger partial charge in [0.25, 0.3) is 5.91 Å². The molecule has 0 N–H and O–H groups in total. The number of ether oxygens (including phenoxy) is 1. The molecular formula is C13H13NO2. The number of aryl methyl sites for hydroxylation is 1. The van der Waals surface area contributed by atoms with Crippen molar-refractivity contribution in [3.05, 3.63) is 42.6 Å². The predicted octanol–water partition coefficient (Wildman–Crippen LogP) is 2.78. The molecule has 2 aromatic rings. The second-order valence-corrected chi connectivity index (χ2v) is 3.59. The summed E-state index contributed by atoms with van der Waals surface area (Å²) in [6.45, 7) is 5.40. The molecule has 3 nitrogen and oxygen atoms in total. The molecule has 0 amide bonds. The van der Waals surface area contributed by atoms with Gasteiger partial charge < -0.3 is 4.74 Å². The lowest BCUT2D eigenvalue weighted by Crippen LogP contribution is -2.07. The average molecular weight is 215 g/mol. The minimum Gasteiger partial charge on any atom is -0.497 e. The van der Waals surface area contributed by atoms with Gasteiger partial charge in [-0.2, -0.15) is 0 Å². The molecule has 0 bridgehead atoms. The van der Waals surface area contributed by atoms with E-state index in [2.05, 4.69) is 6.58 Å². The molecule has 1 heterocycles. The Morgan fingerprint density at radius 2 is 2.19 bits per heavy atom. The third-order valence-corrected chi connectivity index (χ3v) is 2.59. The number of allylic oxidation sites excluding steroid dienone is 1. The van der Waals surface area contributed by atoms with E-state index in [1.54, 1.807) is 11.7 Å². The van der Waals surface area contributed by atoms with E-state index in [0.717, 1.165) is 22.3 Å². The zero-order valence-electron chi connectivity index (χ0n) is 9.36. The fraction of sp³-hybridized carbons (Fsp3) is 0.154. The Hall–Kier alpha value is -2.03. The summed E-state index contributed by atoms with van der Waals surface area (Å²) < 4.78 is 6.78. The maximum Gasteiger partial charge on any atom is 0.254 e. The smallest absolute Gasteiger partial charge is 0.254 e. The number of fused-ring (bicyclic) bond motifs is 1. The Kier molecular flexibility index (Phi) is 2.52. The summed E-state index contributed by atoms with van der Waals surface area (Å²) in [5.74, 6) is 0.674. The van der Waals surface area contributed by atoms with E-state index in [1.165, 1.54) is 6.08 Å². The lowest BCUT2D eigenvalue weighted by Gasteiger charge is -2.03. The maximum atomic E-state index is 11.7. The van der Waals surface area contributed by atoms with Crippen LogP contribution in [-0.2, 0) is 0 Å². The fourth-order valence-electron chi connectivity index (χ4n) is 1.84. The number of hydrogen-bond donors (Lipinski definition) is 0. The van der Waals surface area contributed by atoms with Gasteiger partial charge in [-0.1, -0.05) is 6.58 Å². The monoisotopic (exact) mass is 215 g/mol. The molecule has 0 aliphatic carbocycles. The Morgan fingerprint density at radius 3 is 2.81 bits per heavy atom. The van der Waals surface area contributed by atoms with Gasteiger partial charge in [-0.3, -0.25) is 9.36 Å². The van der Waals surface area contributed by atoms with Crippen LogP contribution in [0.15, 0.2) is 36.9 Å². The van der Waals surface area contributed by atoms with Gasteiger partial charge in [0.1, 0.15) is 5.75 Å². The van der Waals surface area contributed by atoms with E-state index < -0.39 is 0 Å². The topological polar surface area (TPSA) is 31.2 Å². The molecule has 3 heteroatoms. The van der Waals surface area contributed by atoms with E-state index in [0.29, 0.717) is 0 Å². The van der Waals surface area contributed by atoms with Crippen molar-refractivity contribution in [2.45, 2.75) is 6.92 Å². The predicted molar refractivity (Wildman–Crippen MR) is 64.1 cm³/mol. The summed E-state index contributed by atoms with van der Waals surface area (Å²) in [4.78, 5) is 11.7. The summed E-state index contributed by atoms with van der Waals surface area (Å²) >= 11 is 0. The molecule has 1 aromatic carbocycles. The quantitative estimate of drug-likeness (QED) is 0.721. The van der Waals surface area contributed by atoms with Crippen LogP contribution in [0.2, 0.25) is 0 Å². The molecule has 2 rings (SSSR count). The molecule has 0 atom stereocenters. The Balaban J connectivity index is 2.71. The van der Waals surface area contributed by atoms with E-state index in [4.69, 9.17) is 4.74 Å². The molecule has 0 spiro atoms. The van der Waals surface area contributed by atoms with Crippen molar-refractivity contribution in [1.29, 1.82) is 0 Å². The van der Waals surface area contributed by atoms with Gasteiger partial charge in [0.2, 0.25) is 0 Å². The minimum absolute atomic E-state index is 0.113. The van der Waals surface area contributed by atoms with Crippen LogP contribution >= 0.6 is 0 Å². The van der Waals surface area contributed by atoms with Crippen molar-refractivity contribution in [1.82, 2.24) is 4.57 Å². The molecule has 1 aromatic heterocycles. The number of methoxy groups -OCH3 is 1. The van der Waals surface area contributed by atoms with Crippen LogP contribution in [0.4, 0.5) is 0 Å². The highest BCUT2D eigenvalue weighted by atomic mass is 16.5. The summed E-state index contributed by atoms with van der Waals surface area (Å²) in [5, 5.41) is 0.993. The number of hydrogen-bond acceptors (Lipinski definition) is 2. The van der Waals surface area contributed by atoms with Crippen LogP contribution in [0.3, 0.4) is 0 Å². The first-order valence-corrected chi connectivity index (χ1v) is 5.00. The van der Waals surface area contributed by atoms with Crippen LogP contribution in [0.5, 0.6) is 5.75 Å². The molecular weight excluding hydrogens is 202 g/mol. The van der Waals surface area contributed by atoms with Gasteiger partial charge >= 0.3 is 0 Å². The molecule has 16 heavy (non-hydrogen) atoms. The number of aromatic nitrogens is 1. The third-order valence-electron chi connectivity index (χ3n) is 2.59. The summed E-state index contributed by atoms with van der Waals surface area (Å²) in [5.41, 5.74) is 1.77. The number of benzene rings is 1. The standard InChI is InChI=1S/C13H13NO2/c1-4-13(15)14-9(2)7-10-8-11(16-3)5-6-12(10)14/h4-8H,1H2,2-3H3. The molecule has 82 valence electrons. The van der Waals surface area contributed by atoms with E-state index in [-0.39, 0.29) is 5.91 Å². The summed E-state index contributed by atoms with van der Waals surface area (Å²) in [6.07, 6.45) is 1.32. The molecule has 0 unspecified atom stereocenters. The maximum absolute atomic E-state index is 11.7.